The van der Waals surface area contributed by atoms with E-state index in [1.54, 1.807) is 12.1 Å². The Balaban J connectivity index is 1.92. The maximum atomic E-state index is 12.0. The summed E-state index contributed by atoms with van der Waals surface area (Å²) in [6, 6.07) is 6.41. The van der Waals surface area contributed by atoms with Crippen LogP contribution in [0.3, 0.4) is 0 Å². The molecule has 114 valence electrons. The number of carboxylic acid groups (broad SMARTS) is 1. The number of aliphatic hydroxyl groups is 1. The molecule has 2 rings (SSSR count). The van der Waals surface area contributed by atoms with Crippen molar-refractivity contribution in [2.24, 2.45) is 0 Å². The summed E-state index contributed by atoms with van der Waals surface area (Å²) in [6.45, 7) is 1.85. The van der Waals surface area contributed by atoms with Crippen molar-refractivity contribution in [3.05, 3.63) is 29.8 Å². The number of aliphatic hydroxyl groups excluding tert-OH is 1. The van der Waals surface area contributed by atoms with Crippen LogP contribution in [0.4, 0.5) is 0 Å². The number of carbonyl (C=O) groups excluding carboxylic acids is 1. The van der Waals surface area contributed by atoms with E-state index < -0.39 is 24.0 Å². The second kappa shape index (κ2) is 6.58. The monoisotopic (exact) mass is 293 g/mol. The van der Waals surface area contributed by atoms with Crippen LogP contribution in [0, 0.1) is 0 Å². The van der Waals surface area contributed by atoms with Crippen LogP contribution >= 0.6 is 0 Å². The van der Waals surface area contributed by atoms with Gasteiger partial charge in [-0.15, -0.1) is 0 Å². The van der Waals surface area contributed by atoms with E-state index >= 15 is 0 Å². The fourth-order valence-electron chi connectivity index (χ4n) is 2.37. The summed E-state index contributed by atoms with van der Waals surface area (Å²) in [5.74, 6) is -0.974. The van der Waals surface area contributed by atoms with E-state index in [0.29, 0.717) is 5.75 Å². The summed E-state index contributed by atoms with van der Waals surface area (Å²) >= 11 is 0. The summed E-state index contributed by atoms with van der Waals surface area (Å²) in [4.78, 5) is 24.2. The van der Waals surface area contributed by atoms with Crippen LogP contribution in [0.5, 0.6) is 5.75 Å². The van der Waals surface area contributed by atoms with Gasteiger partial charge in [0.1, 0.15) is 11.8 Å². The van der Waals surface area contributed by atoms with Crippen molar-refractivity contribution in [2.75, 3.05) is 13.2 Å². The van der Waals surface area contributed by atoms with E-state index in [1.807, 2.05) is 19.1 Å². The lowest BCUT2D eigenvalue weighted by molar-refractivity contribution is -0.148. The Morgan fingerprint density at radius 1 is 1.33 bits per heavy atom. The van der Waals surface area contributed by atoms with Crippen LogP contribution in [-0.4, -0.2) is 52.3 Å². The molecule has 0 saturated carbocycles. The van der Waals surface area contributed by atoms with Crippen molar-refractivity contribution in [2.45, 2.75) is 31.9 Å². The highest BCUT2D eigenvalue weighted by atomic mass is 16.5. The zero-order valence-corrected chi connectivity index (χ0v) is 11.9. The highest BCUT2D eigenvalue weighted by molar-refractivity contribution is 5.85. The zero-order valence-electron chi connectivity index (χ0n) is 11.9. The fraction of sp³-hybridized carbons (Fsp3) is 0.467. The highest BCUT2D eigenvalue weighted by Gasteiger charge is 2.38. The minimum Gasteiger partial charge on any atom is -0.484 e. The number of aliphatic carboxylic acids is 1. The third kappa shape index (κ3) is 3.72. The number of carboxylic acids is 1. The van der Waals surface area contributed by atoms with Crippen molar-refractivity contribution in [1.82, 2.24) is 4.90 Å². The number of benzene rings is 1. The van der Waals surface area contributed by atoms with Crippen LogP contribution in [0.25, 0.3) is 0 Å². The lowest BCUT2D eigenvalue weighted by atomic mass is 10.2. The molecule has 1 aromatic rings. The zero-order chi connectivity index (χ0) is 15.4. The van der Waals surface area contributed by atoms with Gasteiger partial charge in [0.15, 0.2) is 6.61 Å². The molecule has 1 aliphatic rings. The third-order valence-corrected chi connectivity index (χ3v) is 3.58. The van der Waals surface area contributed by atoms with Crippen LogP contribution < -0.4 is 4.74 Å². The second-order valence-corrected chi connectivity index (χ2v) is 5.08. The number of rotatable bonds is 5. The van der Waals surface area contributed by atoms with Crippen molar-refractivity contribution < 1.29 is 24.5 Å². The van der Waals surface area contributed by atoms with E-state index in [9.17, 15) is 14.7 Å². The smallest absolute Gasteiger partial charge is 0.326 e. The third-order valence-electron chi connectivity index (χ3n) is 3.58. The SMILES string of the molecule is CCc1ccc(OCC(=O)N2CC(O)CC2C(=O)O)cc1. The van der Waals surface area contributed by atoms with Crippen molar-refractivity contribution in [3.63, 3.8) is 0 Å². The molecule has 1 heterocycles. The Morgan fingerprint density at radius 3 is 2.57 bits per heavy atom. The first-order valence-corrected chi connectivity index (χ1v) is 6.93. The first-order chi connectivity index (χ1) is 10.0. The molecule has 2 atom stereocenters. The van der Waals surface area contributed by atoms with Crippen LogP contribution in [0.15, 0.2) is 24.3 Å². The standard InChI is InChI=1S/C15H19NO5/c1-2-10-3-5-12(6-4-10)21-9-14(18)16-8-11(17)7-13(16)15(19)20/h3-6,11,13,17H,2,7-9H2,1H3,(H,19,20). The minimum absolute atomic E-state index is 0.0356. The number of aryl methyl sites for hydroxylation is 1. The molecular weight excluding hydrogens is 274 g/mol. The first kappa shape index (κ1) is 15.3. The molecule has 1 saturated heterocycles. The Morgan fingerprint density at radius 2 is 2.00 bits per heavy atom. The molecule has 1 fully saturated rings. The lowest BCUT2D eigenvalue weighted by Gasteiger charge is -2.21. The summed E-state index contributed by atoms with van der Waals surface area (Å²) in [7, 11) is 0. The van der Waals surface area contributed by atoms with Gasteiger partial charge in [-0.2, -0.15) is 0 Å². The van der Waals surface area contributed by atoms with Gasteiger partial charge < -0.3 is 19.8 Å². The summed E-state index contributed by atoms with van der Waals surface area (Å²) in [5, 5.41) is 18.6. The number of hydrogen-bond donors (Lipinski definition) is 2. The average molecular weight is 293 g/mol. The molecule has 6 nitrogen and oxygen atoms in total. The number of nitrogens with zero attached hydrogens (tertiary/aromatic N) is 1. The van der Waals surface area contributed by atoms with E-state index in [4.69, 9.17) is 9.84 Å². The van der Waals surface area contributed by atoms with E-state index in [2.05, 4.69) is 0 Å². The summed E-state index contributed by atoms with van der Waals surface area (Å²) < 4.78 is 5.38. The van der Waals surface area contributed by atoms with Gasteiger partial charge in [0.05, 0.1) is 6.10 Å². The van der Waals surface area contributed by atoms with Gasteiger partial charge in [0, 0.05) is 13.0 Å². The fourth-order valence-corrected chi connectivity index (χ4v) is 2.37. The minimum atomic E-state index is -1.10. The van der Waals surface area contributed by atoms with Crippen LogP contribution in [0.1, 0.15) is 18.9 Å². The molecule has 1 aliphatic heterocycles. The molecule has 6 heteroatoms. The molecule has 21 heavy (non-hydrogen) atoms. The van der Waals surface area contributed by atoms with Crippen molar-refractivity contribution in [3.8, 4) is 5.75 Å². The molecule has 0 bridgehead atoms. The first-order valence-electron chi connectivity index (χ1n) is 6.93. The van der Waals surface area contributed by atoms with Gasteiger partial charge in [0.25, 0.3) is 5.91 Å². The maximum absolute atomic E-state index is 12.0. The van der Waals surface area contributed by atoms with Crippen molar-refractivity contribution >= 4 is 11.9 Å². The number of hydrogen-bond acceptors (Lipinski definition) is 4. The van der Waals surface area contributed by atoms with Gasteiger partial charge in [-0.05, 0) is 24.1 Å². The van der Waals surface area contributed by atoms with Gasteiger partial charge in [0.2, 0.25) is 0 Å². The number of amides is 1. The van der Waals surface area contributed by atoms with Gasteiger partial charge >= 0.3 is 5.97 Å². The van der Waals surface area contributed by atoms with E-state index in [1.165, 1.54) is 5.56 Å². The highest BCUT2D eigenvalue weighted by Crippen LogP contribution is 2.19. The van der Waals surface area contributed by atoms with Crippen LogP contribution in [0.2, 0.25) is 0 Å². The Bertz CT molecular complexity index is 513. The second-order valence-electron chi connectivity index (χ2n) is 5.08. The van der Waals surface area contributed by atoms with Crippen molar-refractivity contribution in [1.29, 1.82) is 0 Å². The quantitative estimate of drug-likeness (QED) is 0.833. The Labute approximate surface area is 122 Å². The van der Waals surface area contributed by atoms with E-state index in [0.717, 1.165) is 11.3 Å². The molecular formula is C15H19NO5. The van der Waals surface area contributed by atoms with Gasteiger partial charge in [-0.1, -0.05) is 19.1 Å². The molecule has 2 unspecified atom stereocenters. The molecule has 0 spiro atoms. The van der Waals surface area contributed by atoms with Gasteiger partial charge in [-0.3, -0.25) is 4.79 Å². The molecule has 1 amide bonds. The topological polar surface area (TPSA) is 87.1 Å². The Kier molecular flexibility index (Phi) is 4.80. The maximum Gasteiger partial charge on any atom is 0.326 e. The summed E-state index contributed by atoms with van der Waals surface area (Å²) in [6.07, 6.45) is 0.191. The predicted octanol–water partition coefficient (Wildman–Crippen LogP) is 0.674. The van der Waals surface area contributed by atoms with Crippen LogP contribution in [-0.2, 0) is 16.0 Å². The summed E-state index contributed by atoms with van der Waals surface area (Å²) in [5.41, 5.74) is 1.17. The normalized spacial score (nSPS) is 21.3. The Hall–Kier alpha value is -2.08. The number of likely N-dealkylation sites (tertiary alicyclic amines) is 1. The van der Waals surface area contributed by atoms with E-state index in [-0.39, 0.29) is 19.6 Å². The number of β-amino-alcohol motifs (C(OH)–C–C–N with tert-alkyl or cyclic N) is 1. The molecule has 2 N–H and O–H groups in total. The van der Waals surface area contributed by atoms with Gasteiger partial charge in [-0.25, -0.2) is 4.79 Å². The molecule has 0 aliphatic carbocycles. The molecule has 0 radical (unpaired) electrons. The average Bonchev–Trinajstić information content (AvgIpc) is 2.87. The number of ether oxygens (including phenoxy) is 1. The number of carbonyl (C=O) groups is 2. The largest absolute Gasteiger partial charge is 0.484 e. The predicted molar refractivity (Wildman–Crippen MR) is 75.1 cm³/mol. The molecule has 0 aromatic heterocycles. The molecule has 1 aromatic carbocycles. The lowest BCUT2D eigenvalue weighted by Crippen LogP contribution is -2.42.